The number of methoxy groups -OCH3 is 1. The first-order valence-electron chi connectivity index (χ1n) is 7.78. The van der Waals surface area contributed by atoms with E-state index in [9.17, 15) is 9.59 Å². The highest BCUT2D eigenvalue weighted by atomic mass is 35.5. The van der Waals surface area contributed by atoms with Gasteiger partial charge in [0, 0.05) is 51.1 Å². The smallest absolute Gasteiger partial charge is 0.322 e. The van der Waals surface area contributed by atoms with E-state index < -0.39 is 0 Å². The van der Waals surface area contributed by atoms with Crippen molar-refractivity contribution in [1.29, 1.82) is 0 Å². The third-order valence-electron chi connectivity index (χ3n) is 3.77. The van der Waals surface area contributed by atoms with Crippen molar-refractivity contribution < 1.29 is 14.3 Å². The van der Waals surface area contributed by atoms with E-state index >= 15 is 0 Å². The van der Waals surface area contributed by atoms with Gasteiger partial charge in [0.1, 0.15) is 0 Å². The van der Waals surface area contributed by atoms with E-state index in [2.05, 4.69) is 16.0 Å². The molecule has 8 heteroatoms. The molecular weight excluding hydrogens is 332 g/mol. The highest BCUT2D eigenvalue weighted by Crippen LogP contribution is 2.24. The lowest BCUT2D eigenvalue weighted by Gasteiger charge is -2.19. The summed E-state index contributed by atoms with van der Waals surface area (Å²) < 4.78 is 4.94. The van der Waals surface area contributed by atoms with Crippen LogP contribution in [-0.4, -0.2) is 58.4 Å². The van der Waals surface area contributed by atoms with Gasteiger partial charge in [-0.05, 0) is 24.6 Å². The lowest BCUT2D eigenvalue weighted by Crippen LogP contribution is -2.34. The summed E-state index contributed by atoms with van der Waals surface area (Å²) >= 11 is 0. The van der Waals surface area contributed by atoms with Crippen LogP contribution in [-0.2, 0) is 4.74 Å². The lowest BCUT2D eigenvalue weighted by molar-refractivity contribution is 0.0953. The second-order valence-corrected chi connectivity index (χ2v) is 5.33. The van der Waals surface area contributed by atoms with Crippen LogP contribution in [0.15, 0.2) is 18.2 Å². The Bertz CT molecular complexity index is 568. The molecule has 3 N–H and O–H groups in total. The molecule has 2 rings (SSSR count). The summed E-state index contributed by atoms with van der Waals surface area (Å²) in [6, 6.07) is 5.33. The Hall–Kier alpha value is -1.83. The molecule has 1 saturated heterocycles. The third kappa shape index (κ3) is 5.09. The number of carbonyl (C=O) groups is 2. The number of hydrogen-bond donors (Lipinski definition) is 3. The van der Waals surface area contributed by atoms with Crippen molar-refractivity contribution in [3.63, 3.8) is 0 Å². The predicted molar refractivity (Wildman–Crippen MR) is 96.3 cm³/mol. The minimum absolute atomic E-state index is 0. The molecule has 0 aromatic heterocycles. The van der Waals surface area contributed by atoms with Crippen LogP contribution in [0.4, 0.5) is 10.5 Å². The van der Waals surface area contributed by atoms with E-state index in [-0.39, 0.29) is 24.3 Å². The van der Waals surface area contributed by atoms with Gasteiger partial charge < -0.3 is 20.7 Å². The summed E-state index contributed by atoms with van der Waals surface area (Å²) in [5, 5.41) is 8.82. The molecule has 0 spiro atoms. The second kappa shape index (κ2) is 10.1. The van der Waals surface area contributed by atoms with Gasteiger partial charge in [-0.1, -0.05) is 6.07 Å². The Labute approximate surface area is 148 Å². The van der Waals surface area contributed by atoms with Crippen LogP contribution >= 0.6 is 12.4 Å². The molecule has 0 saturated carbocycles. The van der Waals surface area contributed by atoms with Gasteiger partial charge in [-0.2, -0.15) is 0 Å². The normalized spacial score (nSPS) is 13.4. The SMILES string of the molecule is COCCNCCNC(=O)c1cccc(N2CCNC2=O)c1C.Cl. The average molecular weight is 357 g/mol. The summed E-state index contributed by atoms with van der Waals surface area (Å²) in [6.07, 6.45) is 0. The summed E-state index contributed by atoms with van der Waals surface area (Å²) in [6.45, 7) is 5.74. The number of hydrogen-bond acceptors (Lipinski definition) is 4. The van der Waals surface area contributed by atoms with E-state index in [1.165, 1.54) is 0 Å². The Balaban J connectivity index is 0.00000288. The Morgan fingerprint density at radius 1 is 1.33 bits per heavy atom. The van der Waals surface area contributed by atoms with Crippen LogP contribution in [0.5, 0.6) is 0 Å². The monoisotopic (exact) mass is 356 g/mol. The summed E-state index contributed by atoms with van der Waals surface area (Å²) in [7, 11) is 1.65. The first-order chi connectivity index (χ1) is 11.1. The van der Waals surface area contributed by atoms with Gasteiger partial charge >= 0.3 is 6.03 Å². The molecule has 1 aromatic rings. The van der Waals surface area contributed by atoms with Crippen molar-refractivity contribution >= 4 is 30.0 Å². The summed E-state index contributed by atoms with van der Waals surface area (Å²) in [4.78, 5) is 25.8. The van der Waals surface area contributed by atoms with Gasteiger partial charge in [0.25, 0.3) is 5.91 Å². The minimum Gasteiger partial charge on any atom is -0.383 e. The molecule has 0 aliphatic carbocycles. The molecule has 1 aliphatic rings. The number of nitrogens with one attached hydrogen (secondary N) is 3. The van der Waals surface area contributed by atoms with Gasteiger partial charge in [-0.25, -0.2) is 4.79 Å². The number of anilines is 1. The maximum atomic E-state index is 12.3. The lowest BCUT2D eigenvalue weighted by atomic mass is 10.1. The van der Waals surface area contributed by atoms with Crippen molar-refractivity contribution in [2.45, 2.75) is 6.92 Å². The number of urea groups is 1. The van der Waals surface area contributed by atoms with Crippen molar-refractivity contribution in [1.82, 2.24) is 16.0 Å². The van der Waals surface area contributed by atoms with Crippen molar-refractivity contribution in [2.75, 3.05) is 51.3 Å². The zero-order valence-electron chi connectivity index (χ0n) is 14.1. The fraction of sp³-hybridized carbons (Fsp3) is 0.500. The second-order valence-electron chi connectivity index (χ2n) is 5.33. The zero-order chi connectivity index (χ0) is 16.7. The van der Waals surface area contributed by atoms with E-state index in [4.69, 9.17) is 4.74 Å². The van der Waals surface area contributed by atoms with Crippen LogP contribution in [0.2, 0.25) is 0 Å². The molecule has 134 valence electrons. The maximum absolute atomic E-state index is 12.3. The highest BCUT2D eigenvalue weighted by Gasteiger charge is 2.24. The molecule has 0 unspecified atom stereocenters. The molecule has 24 heavy (non-hydrogen) atoms. The number of ether oxygens (including phenoxy) is 1. The zero-order valence-corrected chi connectivity index (χ0v) is 14.9. The van der Waals surface area contributed by atoms with Gasteiger partial charge in [0.15, 0.2) is 0 Å². The Morgan fingerprint density at radius 3 is 2.79 bits per heavy atom. The van der Waals surface area contributed by atoms with Crippen LogP contribution in [0.1, 0.15) is 15.9 Å². The van der Waals surface area contributed by atoms with Gasteiger partial charge in [-0.3, -0.25) is 9.69 Å². The first-order valence-corrected chi connectivity index (χ1v) is 7.78. The number of benzene rings is 1. The molecule has 0 bridgehead atoms. The van der Waals surface area contributed by atoms with Crippen LogP contribution in [0.25, 0.3) is 0 Å². The van der Waals surface area contributed by atoms with Gasteiger partial charge in [-0.15, -0.1) is 12.4 Å². The summed E-state index contributed by atoms with van der Waals surface area (Å²) in [5.41, 5.74) is 2.19. The molecular formula is C16H25ClN4O3. The number of carbonyl (C=O) groups excluding carboxylic acids is 2. The number of amides is 3. The standard InChI is InChI=1S/C16H24N4O3.ClH/c1-12-13(15(21)18-7-6-17-9-11-23-2)4-3-5-14(12)20-10-8-19-16(20)22;/h3-5,17H,6-11H2,1-2H3,(H,18,21)(H,19,22);1H. The van der Waals surface area contributed by atoms with E-state index in [0.29, 0.717) is 38.3 Å². The fourth-order valence-electron chi connectivity index (χ4n) is 2.52. The van der Waals surface area contributed by atoms with Gasteiger partial charge in [0.05, 0.1) is 6.61 Å². The molecule has 0 radical (unpaired) electrons. The average Bonchev–Trinajstić information content (AvgIpc) is 2.96. The molecule has 3 amide bonds. The number of nitrogens with zero attached hydrogens (tertiary/aromatic N) is 1. The van der Waals surface area contributed by atoms with Crippen LogP contribution in [0.3, 0.4) is 0 Å². The summed E-state index contributed by atoms with van der Waals surface area (Å²) in [5.74, 6) is -0.127. The van der Waals surface area contributed by atoms with E-state index in [1.54, 1.807) is 24.1 Å². The molecule has 1 aromatic carbocycles. The molecule has 1 heterocycles. The Kier molecular flexibility index (Phi) is 8.53. The minimum atomic E-state index is -0.127. The number of rotatable bonds is 8. The molecule has 7 nitrogen and oxygen atoms in total. The van der Waals surface area contributed by atoms with E-state index in [0.717, 1.165) is 17.8 Å². The fourth-order valence-corrected chi connectivity index (χ4v) is 2.52. The first kappa shape index (κ1) is 20.2. The van der Waals surface area contributed by atoms with E-state index in [1.807, 2.05) is 13.0 Å². The quantitative estimate of drug-likeness (QED) is 0.605. The molecule has 1 fully saturated rings. The third-order valence-corrected chi connectivity index (χ3v) is 3.77. The highest BCUT2D eigenvalue weighted by molar-refractivity contribution is 6.00. The van der Waals surface area contributed by atoms with Crippen molar-refractivity contribution in [2.24, 2.45) is 0 Å². The van der Waals surface area contributed by atoms with Crippen molar-refractivity contribution in [3.8, 4) is 0 Å². The van der Waals surface area contributed by atoms with Crippen molar-refractivity contribution in [3.05, 3.63) is 29.3 Å². The molecule has 0 atom stereocenters. The van der Waals surface area contributed by atoms with Gasteiger partial charge in [0.2, 0.25) is 0 Å². The number of halogens is 1. The van der Waals surface area contributed by atoms with Crippen LogP contribution < -0.4 is 20.9 Å². The topological polar surface area (TPSA) is 82.7 Å². The van der Waals surface area contributed by atoms with Crippen LogP contribution in [0, 0.1) is 6.92 Å². The maximum Gasteiger partial charge on any atom is 0.322 e. The molecule has 1 aliphatic heterocycles. The predicted octanol–water partition coefficient (Wildman–Crippen LogP) is 0.912. The Morgan fingerprint density at radius 2 is 2.12 bits per heavy atom. The largest absolute Gasteiger partial charge is 0.383 e.